The van der Waals surface area contributed by atoms with Gasteiger partial charge in [-0.25, -0.2) is 4.79 Å². The van der Waals surface area contributed by atoms with Gasteiger partial charge in [-0.2, -0.15) is 0 Å². The number of aromatic nitrogens is 1. The fraction of sp³-hybridized carbons (Fsp3) is 0.688. The number of rotatable bonds is 4. The third-order valence-electron chi connectivity index (χ3n) is 4.58. The number of nitrogen functional groups attached to an aromatic ring is 1. The van der Waals surface area contributed by atoms with E-state index >= 15 is 0 Å². The van der Waals surface area contributed by atoms with Crippen molar-refractivity contribution in [1.82, 2.24) is 4.57 Å². The first-order valence-electron chi connectivity index (χ1n) is 7.92. The van der Waals surface area contributed by atoms with Crippen molar-refractivity contribution in [2.24, 2.45) is 0 Å². The van der Waals surface area contributed by atoms with Gasteiger partial charge in [-0.15, -0.1) is 0 Å². The van der Waals surface area contributed by atoms with Crippen molar-refractivity contribution in [2.45, 2.75) is 63.7 Å². The number of nitrogens with zero attached hydrogens (tertiary/aromatic N) is 1. The van der Waals surface area contributed by atoms with Crippen LogP contribution in [0.3, 0.4) is 0 Å². The van der Waals surface area contributed by atoms with Gasteiger partial charge < -0.3 is 19.8 Å². The van der Waals surface area contributed by atoms with Gasteiger partial charge >= 0.3 is 5.97 Å². The number of anilines is 1. The quantitative estimate of drug-likeness (QED) is 0.867. The Morgan fingerprint density at radius 3 is 3.05 bits per heavy atom. The molecule has 1 aliphatic heterocycles. The summed E-state index contributed by atoms with van der Waals surface area (Å²) in [4.78, 5) is 12.4. The zero-order chi connectivity index (χ0) is 14.9. The zero-order valence-corrected chi connectivity index (χ0v) is 12.6. The summed E-state index contributed by atoms with van der Waals surface area (Å²) >= 11 is 0. The molecule has 1 spiro atoms. The van der Waals surface area contributed by atoms with Crippen LogP contribution in [0.1, 0.15) is 55.9 Å². The van der Waals surface area contributed by atoms with Gasteiger partial charge in [0, 0.05) is 25.6 Å². The minimum Gasteiger partial charge on any atom is -0.458 e. The molecule has 1 unspecified atom stereocenters. The topological polar surface area (TPSA) is 66.5 Å². The van der Waals surface area contributed by atoms with Crippen LogP contribution in [0.25, 0.3) is 0 Å². The number of esters is 1. The lowest BCUT2D eigenvalue weighted by molar-refractivity contribution is -0.159. The first-order chi connectivity index (χ1) is 10.1. The van der Waals surface area contributed by atoms with Crippen LogP contribution < -0.4 is 5.73 Å². The maximum absolute atomic E-state index is 12.4. The van der Waals surface area contributed by atoms with E-state index in [1.807, 2.05) is 4.57 Å². The van der Waals surface area contributed by atoms with Crippen LogP contribution in [-0.4, -0.2) is 28.8 Å². The first kappa shape index (κ1) is 14.4. The molecule has 116 valence electrons. The van der Waals surface area contributed by atoms with Gasteiger partial charge in [-0.1, -0.05) is 6.92 Å². The summed E-state index contributed by atoms with van der Waals surface area (Å²) in [6.45, 7) is 3.54. The number of ether oxygens (including phenoxy) is 2. The standard InChI is InChI=1S/C16H24N2O3/c1-2-7-18-11-12(17)9-14(18)15(19)21-13-4-8-20-16(10-13)5-3-6-16/h9,11,13H,2-8,10,17H2,1H3. The van der Waals surface area contributed by atoms with Crippen LogP contribution in [-0.2, 0) is 16.0 Å². The van der Waals surface area contributed by atoms with Gasteiger partial charge in [0.05, 0.1) is 17.9 Å². The second kappa shape index (κ2) is 5.72. The summed E-state index contributed by atoms with van der Waals surface area (Å²) < 4.78 is 13.5. The Morgan fingerprint density at radius 2 is 2.38 bits per heavy atom. The highest BCUT2D eigenvalue weighted by molar-refractivity contribution is 5.89. The summed E-state index contributed by atoms with van der Waals surface area (Å²) in [6.07, 6.45) is 7.77. The summed E-state index contributed by atoms with van der Waals surface area (Å²) in [7, 11) is 0. The predicted octanol–water partition coefficient (Wildman–Crippen LogP) is 2.74. The summed E-state index contributed by atoms with van der Waals surface area (Å²) in [5.74, 6) is -0.262. The van der Waals surface area contributed by atoms with E-state index in [2.05, 4.69) is 6.92 Å². The zero-order valence-electron chi connectivity index (χ0n) is 12.6. The van der Waals surface area contributed by atoms with Crippen LogP contribution in [0.2, 0.25) is 0 Å². The fourth-order valence-corrected chi connectivity index (χ4v) is 3.34. The molecule has 0 radical (unpaired) electrons. The highest BCUT2D eigenvalue weighted by atomic mass is 16.6. The second-order valence-corrected chi connectivity index (χ2v) is 6.26. The molecule has 5 nitrogen and oxygen atoms in total. The lowest BCUT2D eigenvalue weighted by Crippen LogP contribution is -2.48. The fourth-order valence-electron chi connectivity index (χ4n) is 3.34. The minimum absolute atomic E-state index is 0.00631. The Labute approximate surface area is 125 Å². The molecule has 5 heteroatoms. The van der Waals surface area contributed by atoms with Crippen molar-refractivity contribution >= 4 is 11.7 Å². The van der Waals surface area contributed by atoms with E-state index < -0.39 is 0 Å². The highest BCUT2D eigenvalue weighted by Gasteiger charge is 2.43. The molecule has 0 bridgehead atoms. The van der Waals surface area contributed by atoms with E-state index in [4.69, 9.17) is 15.2 Å². The molecular formula is C16H24N2O3. The Bertz CT molecular complexity index is 520. The first-order valence-corrected chi connectivity index (χ1v) is 7.92. The molecule has 3 rings (SSSR count). The molecule has 2 heterocycles. The van der Waals surface area contributed by atoms with Crippen LogP contribution in [0.5, 0.6) is 0 Å². The minimum atomic E-state index is -0.262. The molecule has 1 aliphatic carbocycles. The maximum Gasteiger partial charge on any atom is 0.355 e. The summed E-state index contributed by atoms with van der Waals surface area (Å²) in [6, 6.07) is 1.70. The van der Waals surface area contributed by atoms with E-state index in [1.165, 1.54) is 6.42 Å². The monoisotopic (exact) mass is 292 g/mol. The third kappa shape index (κ3) is 2.93. The van der Waals surface area contributed by atoms with Crippen LogP contribution in [0.4, 0.5) is 5.69 Å². The van der Waals surface area contributed by atoms with Crippen LogP contribution in [0.15, 0.2) is 12.3 Å². The average Bonchev–Trinajstić information content (AvgIpc) is 2.79. The molecule has 1 atom stereocenters. The van der Waals surface area contributed by atoms with Crippen LogP contribution in [0, 0.1) is 0 Å². The molecule has 2 aliphatic rings. The summed E-state index contributed by atoms with van der Waals surface area (Å²) in [5, 5.41) is 0. The van der Waals surface area contributed by atoms with Gasteiger partial charge in [-0.05, 0) is 31.7 Å². The molecule has 1 aromatic heterocycles. The summed E-state index contributed by atoms with van der Waals surface area (Å²) in [5.41, 5.74) is 6.97. The van der Waals surface area contributed by atoms with Gasteiger partial charge in [-0.3, -0.25) is 0 Å². The maximum atomic E-state index is 12.4. The Balaban J connectivity index is 1.65. The van der Waals surface area contributed by atoms with Crippen molar-refractivity contribution in [1.29, 1.82) is 0 Å². The largest absolute Gasteiger partial charge is 0.458 e. The number of hydrogen-bond acceptors (Lipinski definition) is 4. The molecule has 1 saturated carbocycles. The lowest BCUT2D eigenvalue weighted by atomic mass is 9.74. The van der Waals surface area contributed by atoms with E-state index in [-0.39, 0.29) is 17.7 Å². The highest BCUT2D eigenvalue weighted by Crippen LogP contribution is 2.43. The molecule has 1 saturated heterocycles. The molecule has 1 aromatic rings. The van der Waals surface area contributed by atoms with E-state index in [9.17, 15) is 4.79 Å². The van der Waals surface area contributed by atoms with Gasteiger partial charge in [0.2, 0.25) is 0 Å². The SMILES string of the molecule is CCCn1cc(N)cc1C(=O)OC1CCOC2(CCC2)C1. The number of hydrogen-bond donors (Lipinski definition) is 1. The van der Waals surface area contributed by atoms with Crippen molar-refractivity contribution in [2.75, 3.05) is 12.3 Å². The Hall–Kier alpha value is -1.49. The predicted molar refractivity (Wildman–Crippen MR) is 80.1 cm³/mol. The second-order valence-electron chi connectivity index (χ2n) is 6.26. The Kier molecular flexibility index (Phi) is 3.93. The molecule has 0 amide bonds. The smallest absolute Gasteiger partial charge is 0.355 e. The Morgan fingerprint density at radius 1 is 1.57 bits per heavy atom. The van der Waals surface area contributed by atoms with Gasteiger partial charge in [0.1, 0.15) is 11.8 Å². The number of carbonyl (C=O) groups excluding carboxylic acids is 1. The van der Waals surface area contributed by atoms with Gasteiger partial charge in [0.15, 0.2) is 0 Å². The number of nitrogens with two attached hydrogens (primary N) is 1. The number of aryl methyl sites for hydroxylation is 1. The van der Waals surface area contributed by atoms with Crippen molar-refractivity contribution in [3.05, 3.63) is 18.0 Å². The lowest BCUT2D eigenvalue weighted by Gasteiger charge is -2.46. The molecule has 21 heavy (non-hydrogen) atoms. The molecule has 2 N–H and O–H groups in total. The average molecular weight is 292 g/mol. The normalized spacial score (nSPS) is 23.8. The van der Waals surface area contributed by atoms with Crippen molar-refractivity contribution in [3.63, 3.8) is 0 Å². The number of carbonyl (C=O) groups is 1. The van der Waals surface area contributed by atoms with Crippen LogP contribution >= 0.6 is 0 Å². The molecular weight excluding hydrogens is 268 g/mol. The van der Waals surface area contributed by atoms with Crippen molar-refractivity contribution < 1.29 is 14.3 Å². The van der Waals surface area contributed by atoms with Crippen molar-refractivity contribution in [3.8, 4) is 0 Å². The van der Waals surface area contributed by atoms with E-state index in [0.29, 0.717) is 18.0 Å². The van der Waals surface area contributed by atoms with Gasteiger partial charge in [0.25, 0.3) is 0 Å². The van der Waals surface area contributed by atoms with E-state index in [0.717, 1.165) is 38.6 Å². The third-order valence-corrected chi connectivity index (χ3v) is 4.58. The van der Waals surface area contributed by atoms with E-state index in [1.54, 1.807) is 12.3 Å². The molecule has 2 fully saturated rings. The molecule has 0 aromatic carbocycles.